The van der Waals surface area contributed by atoms with Gasteiger partial charge in [-0.1, -0.05) is 43.6 Å². The third-order valence-electron chi connectivity index (χ3n) is 26.1. The molecule has 6 aromatic carbocycles. The van der Waals surface area contributed by atoms with Gasteiger partial charge in [-0.15, -0.1) is 0 Å². The van der Waals surface area contributed by atoms with Gasteiger partial charge in [-0.3, -0.25) is 43.7 Å². The monoisotopic (exact) mass is 1870 g/mol. The second kappa shape index (κ2) is 39.2. The molecule has 23 N–H and O–H groups in total. The van der Waals surface area contributed by atoms with Crippen molar-refractivity contribution in [1.82, 2.24) is 57.9 Å². The van der Waals surface area contributed by atoms with Gasteiger partial charge >= 0.3 is 6.03 Å². The summed E-state index contributed by atoms with van der Waals surface area (Å²) in [4.78, 5) is 140. The lowest BCUT2D eigenvalue weighted by molar-refractivity contribution is -0.339. The molecule has 6 fully saturated rings. The van der Waals surface area contributed by atoms with E-state index in [0.717, 1.165) is 86.9 Å². The summed E-state index contributed by atoms with van der Waals surface area (Å²) in [6, 6.07) is 3.10. The second-order valence-electron chi connectivity index (χ2n) is 36.2. The molecule has 12 aliphatic rings. The number of urea groups is 1. The van der Waals surface area contributed by atoms with Crippen molar-refractivity contribution in [3.05, 3.63) is 141 Å². The SMILES string of the molecule is CN[C@H](CC(C)C)C(=O)N[C@H]1C(=O)N[C@@H](CC(=O)NC(=O)Nc2ccc(OC)cc2)C(=O)N[C@H]2C(=O)N[C@H]3C(=O)N[C@H](C(=O)N[C@H](C(=O)NC4C5CC6CC(C5)CC4C6)c4cc(O)c(CNCCCCNS(C)(=O)=O)c(O)c4-c4cc3ccc4O)[C@H](O)c3ccc(c(Cl)c3)Oc3cc2cc2c3O[C@@H]3O[C@H](C(O)c4cc(ccc4O2)[C@H]1O)[C@@H](O)[C@H](O)[C@H]3O[C@H]1C[C@](C)(N)[C@H](O)[C@H](C)O1. The highest BCUT2D eigenvalue weighted by Gasteiger charge is 2.55. The molecule has 8 aliphatic heterocycles. The molecule has 1 unspecified atom stereocenters. The first-order valence-corrected chi connectivity index (χ1v) is 46.1. The summed E-state index contributed by atoms with van der Waals surface area (Å²) in [5.74, 6) is -13.9. The van der Waals surface area contributed by atoms with E-state index in [-0.39, 0.29) is 89.5 Å². The fraction of sp³-hybridized carbons (Fsp3) is 0.500. The average molecular weight is 1870 g/mol. The minimum atomic E-state index is -3.54. The number of nitrogens with two attached hydrogens (primary N) is 1. The van der Waals surface area contributed by atoms with Crippen molar-refractivity contribution in [2.75, 3.05) is 38.8 Å². The Morgan fingerprint density at radius 3 is 1.98 bits per heavy atom. The van der Waals surface area contributed by atoms with E-state index >= 15 is 28.8 Å². The van der Waals surface area contributed by atoms with Gasteiger partial charge in [-0.2, -0.15) is 0 Å². The van der Waals surface area contributed by atoms with Crippen LogP contribution in [0.15, 0.2) is 97.1 Å². The number of carbonyl (C=O) groups excluding carboxylic acids is 9. The van der Waals surface area contributed by atoms with Crippen molar-refractivity contribution in [1.29, 1.82) is 0 Å². The van der Waals surface area contributed by atoms with Crippen LogP contribution < -0.4 is 87.9 Å². The average Bonchev–Trinajstić information content (AvgIpc) is 0.751. The van der Waals surface area contributed by atoms with Gasteiger partial charge in [0.25, 0.3) is 0 Å². The molecule has 2 saturated heterocycles. The Balaban J connectivity index is 0.929. The summed E-state index contributed by atoms with van der Waals surface area (Å²) in [5.41, 5.74) is 2.10. The highest BCUT2D eigenvalue weighted by molar-refractivity contribution is 7.88. The number of nitrogens with one attached hydrogen (secondary N) is 12. The Hall–Kier alpha value is -11.1. The van der Waals surface area contributed by atoms with Crippen LogP contribution in [0.4, 0.5) is 10.5 Å². The largest absolute Gasteiger partial charge is 0.507 e. The van der Waals surface area contributed by atoms with Gasteiger partial charge < -0.3 is 138 Å². The lowest BCUT2D eigenvalue weighted by atomic mass is 9.54. The van der Waals surface area contributed by atoms with E-state index in [1.54, 1.807) is 13.8 Å². The topological polar surface area (TPSA) is 605 Å². The van der Waals surface area contributed by atoms with Gasteiger partial charge in [0.1, 0.15) is 107 Å². The van der Waals surface area contributed by atoms with Gasteiger partial charge in [0.15, 0.2) is 23.9 Å². The Kier molecular flexibility index (Phi) is 28.4. The van der Waals surface area contributed by atoms with Gasteiger partial charge in [-0.05, 0) is 215 Å². The van der Waals surface area contributed by atoms with Crippen LogP contribution >= 0.6 is 11.6 Å². The standard InChI is InChI=1S/C90H110ClN13O27S/c1-37(2)22-54(93-5)81(115)103-69-71(108)42-11-18-58-50(29-42)74(111)78-75(112)76(113)79(129-63-35-90(4,92)80(114)38(3)126-63)88(131-78)130-77-60(127-58)31-46-32-61(77)128-59-19-12-43(30-53(59)91)72(109)70-87(121)102-68(85(119)99-65-44-24-39-23-40(26-44)27-45(65)25-39)51-33-57(106)52(36-94-20-8-9-21-95-132(7,123)124)73(110)64(51)49-28-41(10-17-56(49)105)66(83(117)104-70)101-84(118)67(46)100-82(116)55(97-86(69)120)34-62(107)98-89(122)96-47-13-15-48(125-6)16-14-47/h10-19,28-33,37-40,44-45,54-55,63,65-72,74-76,78-80,88,93-95,105-106,108-114H,8-9,20-27,34-36,92H2,1-7H3,(H,97,120)(H,99,119)(H,100,116)(H,101,118)(H,102,121)(H,103,115)(H,104,117)(H2,96,98,107,122)/t38-,39?,40?,44?,45?,54+,55-,63-,65?,66+,67+,68-,69+,70-,71+,72+,74?,75-,76-,78+,79+,80+,88+,90-/m0/s1. The highest BCUT2D eigenvalue weighted by atomic mass is 35.5. The van der Waals surface area contributed by atoms with Crippen LogP contribution in [0, 0.1) is 29.6 Å². The Morgan fingerprint density at radius 2 is 1.32 bits per heavy atom. The number of hydrogen-bond donors (Lipinski definition) is 22. The number of likely N-dealkylation sites (N-methyl/N-ethyl adjacent to an activating group) is 1. The highest BCUT2D eigenvalue weighted by Crippen LogP contribution is 2.56. The second-order valence-corrected chi connectivity index (χ2v) is 38.5. The minimum absolute atomic E-state index is 0.00961. The molecule has 4 aliphatic carbocycles. The number of sulfonamides is 1. The zero-order valence-electron chi connectivity index (χ0n) is 73.0. The first-order valence-electron chi connectivity index (χ1n) is 43.8. The van der Waals surface area contributed by atoms with Gasteiger partial charge in [0.05, 0.1) is 48.6 Å². The summed E-state index contributed by atoms with van der Waals surface area (Å²) in [6.07, 6.45) is -16.3. The molecule has 0 radical (unpaired) electrons. The number of amides is 10. The van der Waals surface area contributed by atoms with E-state index < -0.39 is 259 Å². The maximum atomic E-state index is 16.8. The molecule has 8 heterocycles. The molecule has 18 bridgehead atoms. The van der Waals surface area contributed by atoms with Crippen LogP contribution in [0.2, 0.25) is 5.02 Å². The summed E-state index contributed by atoms with van der Waals surface area (Å²) < 4.78 is 71.2. The molecule has 6 aromatic rings. The van der Waals surface area contributed by atoms with Crippen LogP contribution in [0.3, 0.4) is 0 Å². The van der Waals surface area contributed by atoms with E-state index in [9.17, 15) is 68.8 Å². The number of methoxy groups -OCH3 is 1. The molecule has 132 heavy (non-hydrogen) atoms. The Bertz CT molecular complexity index is 5530. The lowest BCUT2D eigenvalue weighted by Crippen LogP contribution is -2.64. The molecule has 10 amide bonds. The minimum Gasteiger partial charge on any atom is -0.507 e. The number of phenolic OH excluding ortho intramolecular Hbond substituents is 3. The number of aliphatic hydroxyl groups excluding tert-OH is 6. The van der Waals surface area contributed by atoms with Gasteiger partial charge in [0.2, 0.25) is 69.3 Å². The number of aliphatic hydroxyl groups is 6. The van der Waals surface area contributed by atoms with E-state index in [0.29, 0.717) is 30.4 Å². The molecular formula is C90H110ClN13O27S. The number of ether oxygens (including phenoxy) is 7. The maximum absolute atomic E-state index is 16.8. The number of fused-ring (bicyclic) bond motifs is 16. The van der Waals surface area contributed by atoms with Crippen molar-refractivity contribution in [3.8, 4) is 62.9 Å². The maximum Gasteiger partial charge on any atom is 0.325 e. The first-order chi connectivity index (χ1) is 62.7. The zero-order valence-corrected chi connectivity index (χ0v) is 74.6. The van der Waals surface area contributed by atoms with Crippen molar-refractivity contribution >= 4 is 80.6 Å². The third-order valence-corrected chi connectivity index (χ3v) is 27.1. The fourth-order valence-electron chi connectivity index (χ4n) is 19.5. The third kappa shape index (κ3) is 20.5. The zero-order chi connectivity index (χ0) is 94.5. The normalized spacial score (nSPS) is 30.3. The van der Waals surface area contributed by atoms with E-state index in [1.807, 2.05) is 0 Å². The van der Waals surface area contributed by atoms with Crippen molar-refractivity contribution in [3.63, 3.8) is 0 Å². The fourth-order valence-corrected chi connectivity index (χ4v) is 20.3. The molecule has 4 saturated carbocycles. The number of benzene rings is 6. The number of hydrogen-bond acceptors (Lipinski definition) is 30. The predicted octanol–water partition coefficient (Wildman–Crippen LogP) is 2.65. The van der Waals surface area contributed by atoms with Crippen LogP contribution in [-0.4, -0.2) is 226 Å². The van der Waals surface area contributed by atoms with Crippen LogP contribution in [0.1, 0.15) is 167 Å². The number of halogens is 1. The van der Waals surface area contributed by atoms with E-state index in [4.69, 9.17) is 50.5 Å². The summed E-state index contributed by atoms with van der Waals surface area (Å²) >= 11 is 7.33. The number of rotatable bonds is 21. The van der Waals surface area contributed by atoms with Gasteiger partial charge in [-0.25, -0.2) is 17.9 Å². The quantitative estimate of drug-likeness (QED) is 0.0461. The molecule has 40 nitrogen and oxygen atoms in total. The Labute approximate surface area is 763 Å². The first kappa shape index (κ1) is 95.5. The molecular weight excluding hydrogens is 1760 g/mol. The van der Waals surface area contributed by atoms with E-state index in [2.05, 4.69) is 63.2 Å². The van der Waals surface area contributed by atoms with Crippen LogP contribution in [-0.2, 0) is 69.1 Å². The summed E-state index contributed by atoms with van der Waals surface area (Å²) in [5, 5.41) is 142. The lowest BCUT2D eigenvalue weighted by Gasteiger charge is -2.54. The van der Waals surface area contributed by atoms with E-state index in [1.165, 1.54) is 76.5 Å². The smallest absolute Gasteiger partial charge is 0.325 e. The van der Waals surface area contributed by atoms with Crippen molar-refractivity contribution in [2.24, 2.45) is 35.3 Å². The van der Waals surface area contributed by atoms with Gasteiger partial charge in [0, 0.05) is 53.5 Å². The van der Waals surface area contributed by atoms with Crippen LogP contribution in [0.5, 0.6) is 51.7 Å². The Morgan fingerprint density at radius 1 is 0.674 bits per heavy atom. The van der Waals surface area contributed by atoms with Crippen molar-refractivity contribution in [2.45, 2.75) is 220 Å². The van der Waals surface area contributed by atoms with Crippen LogP contribution in [0.25, 0.3) is 11.1 Å². The number of phenols is 3. The molecule has 0 aromatic heterocycles. The summed E-state index contributed by atoms with van der Waals surface area (Å²) in [7, 11) is -0.685. The number of anilines is 1. The predicted molar refractivity (Wildman–Crippen MR) is 468 cm³/mol. The molecule has 18 rings (SSSR count). The number of imide groups is 1. The van der Waals surface area contributed by atoms with Crippen molar-refractivity contribution < 1.29 is 131 Å². The number of unbranched alkanes of at least 4 members (excludes halogenated alkanes) is 1. The molecule has 19 atom stereocenters. The molecule has 42 heteroatoms. The molecule has 0 spiro atoms. The molecule has 710 valence electrons. The summed E-state index contributed by atoms with van der Waals surface area (Å²) in [6.45, 7) is 6.51. The number of aromatic hydroxyl groups is 3. The number of carbonyl (C=O) groups is 9.